The lowest BCUT2D eigenvalue weighted by Gasteiger charge is -2.04. The third-order valence-electron chi connectivity index (χ3n) is 1.66. The van der Waals surface area contributed by atoms with E-state index in [0.717, 1.165) is 0 Å². The zero-order chi connectivity index (χ0) is 10.6. The van der Waals surface area contributed by atoms with Gasteiger partial charge in [0.05, 0.1) is 7.11 Å². The van der Waals surface area contributed by atoms with Gasteiger partial charge in [-0.1, -0.05) is 6.07 Å². The van der Waals surface area contributed by atoms with Crippen molar-refractivity contribution in [3.8, 4) is 11.5 Å². The van der Waals surface area contributed by atoms with E-state index in [1.807, 2.05) is 0 Å². The number of methoxy groups -OCH3 is 1. The first-order chi connectivity index (χ1) is 6.63. The van der Waals surface area contributed by atoms with Crippen molar-refractivity contribution in [3.63, 3.8) is 0 Å². The number of carbonyl (C=O) groups is 1. The fraction of sp³-hybridized carbons (Fsp3) is 0.222. The van der Waals surface area contributed by atoms with Crippen molar-refractivity contribution in [3.05, 3.63) is 23.8 Å². The average Bonchev–Trinajstić information content (AvgIpc) is 2.19. The second-order valence-electron chi connectivity index (χ2n) is 2.67. The van der Waals surface area contributed by atoms with Crippen LogP contribution in [0.5, 0.6) is 11.5 Å². The molecule has 76 valence electrons. The number of carbonyl (C=O) groups excluding carboxylic acids is 1. The van der Waals surface area contributed by atoms with Gasteiger partial charge < -0.3 is 20.3 Å². The van der Waals surface area contributed by atoms with Gasteiger partial charge in [0.25, 0.3) is 0 Å². The lowest BCUT2D eigenvalue weighted by Crippen LogP contribution is -2.22. The van der Waals surface area contributed by atoms with Gasteiger partial charge in [0, 0.05) is 6.54 Å². The Balaban J connectivity index is 2.60. The Labute approximate surface area is 80.9 Å². The molecule has 0 saturated heterocycles. The number of benzene rings is 1. The summed E-state index contributed by atoms with van der Waals surface area (Å²) < 4.78 is 4.36. The van der Waals surface area contributed by atoms with Crippen molar-refractivity contribution in [2.45, 2.75) is 6.54 Å². The summed E-state index contributed by atoms with van der Waals surface area (Å²) in [4.78, 5) is 10.7. The van der Waals surface area contributed by atoms with Crippen molar-refractivity contribution in [2.24, 2.45) is 0 Å². The minimum Gasteiger partial charge on any atom is -0.504 e. The number of phenolic OH excluding ortho intramolecular Hbond substituents is 2. The first-order valence-electron chi connectivity index (χ1n) is 3.96. The van der Waals surface area contributed by atoms with Gasteiger partial charge in [-0.15, -0.1) is 0 Å². The standard InChI is InChI=1S/C9H11NO4/c1-14-9(13)10-5-6-2-3-7(11)8(12)4-6/h2-4,11-12H,5H2,1H3,(H,10,13). The van der Waals surface area contributed by atoms with Crippen LogP contribution in [0.1, 0.15) is 5.56 Å². The molecule has 5 heteroatoms. The second kappa shape index (κ2) is 4.36. The summed E-state index contributed by atoms with van der Waals surface area (Å²) in [6.07, 6.45) is -0.544. The second-order valence-corrected chi connectivity index (χ2v) is 2.67. The number of phenols is 2. The molecule has 3 N–H and O–H groups in total. The van der Waals surface area contributed by atoms with Gasteiger partial charge >= 0.3 is 6.09 Å². The third kappa shape index (κ3) is 2.55. The van der Waals surface area contributed by atoms with Crippen LogP contribution in [0.3, 0.4) is 0 Å². The molecule has 0 atom stereocenters. The van der Waals surface area contributed by atoms with E-state index in [-0.39, 0.29) is 18.0 Å². The van der Waals surface area contributed by atoms with E-state index < -0.39 is 6.09 Å². The molecule has 5 nitrogen and oxygen atoms in total. The van der Waals surface area contributed by atoms with E-state index in [2.05, 4.69) is 10.1 Å². The summed E-state index contributed by atoms with van der Waals surface area (Å²) in [5, 5.41) is 20.6. The Morgan fingerprint density at radius 1 is 1.43 bits per heavy atom. The zero-order valence-electron chi connectivity index (χ0n) is 7.65. The Morgan fingerprint density at radius 3 is 2.71 bits per heavy atom. The topological polar surface area (TPSA) is 78.8 Å². The van der Waals surface area contributed by atoms with Gasteiger partial charge in [-0.3, -0.25) is 0 Å². The molecule has 14 heavy (non-hydrogen) atoms. The number of amides is 1. The van der Waals surface area contributed by atoms with Crippen LogP contribution in [0.25, 0.3) is 0 Å². The van der Waals surface area contributed by atoms with Crippen molar-refractivity contribution in [1.29, 1.82) is 0 Å². The molecule has 0 radical (unpaired) electrons. The maximum Gasteiger partial charge on any atom is 0.407 e. The van der Waals surface area contributed by atoms with Gasteiger partial charge in [-0.05, 0) is 17.7 Å². The van der Waals surface area contributed by atoms with Crippen molar-refractivity contribution < 1.29 is 19.7 Å². The molecule has 1 rings (SSSR count). The lowest BCUT2D eigenvalue weighted by atomic mass is 10.2. The van der Waals surface area contributed by atoms with E-state index in [9.17, 15) is 4.79 Å². The molecule has 0 unspecified atom stereocenters. The molecule has 0 saturated carbocycles. The number of hydrogen-bond acceptors (Lipinski definition) is 4. The first-order valence-corrected chi connectivity index (χ1v) is 3.96. The summed E-state index contributed by atoms with van der Waals surface area (Å²) in [6, 6.07) is 4.31. The molecule has 0 aliphatic carbocycles. The van der Waals surface area contributed by atoms with Crippen LogP contribution in [0.2, 0.25) is 0 Å². The molecule has 0 spiro atoms. The van der Waals surface area contributed by atoms with E-state index in [1.54, 1.807) is 6.07 Å². The minimum absolute atomic E-state index is 0.188. The van der Waals surface area contributed by atoms with Crippen molar-refractivity contribution >= 4 is 6.09 Å². The molecule has 1 amide bonds. The minimum atomic E-state index is -0.544. The fourth-order valence-electron chi connectivity index (χ4n) is 0.925. The van der Waals surface area contributed by atoms with Crippen LogP contribution in [0, 0.1) is 0 Å². The maximum atomic E-state index is 10.7. The van der Waals surface area contributed by atoms with Crippen molar-refractivity contribution in [2.75, 3.05) is 7.11 Å². The van der Waals surface area contributed by atoms with Gasteiger partial charge in [0.15, 0.2) is 11.5 Å². The highest BCUT2D eigenvalue weighted by atomic mass is 16.5. The van der Waals surface area contributed by atoms with Crippen LogP contribution in [0.15, 0.2) is 18.2 Å². The molecule has 1 aromatic rings. The first kappa shape index (κ1) is 10.2. The normalized spacial score (nSPS) is 9.50. The van der Waals surface area contributed by atoms with Crippen LogP contribution in [-0.2, 0) is 11.3 Å². The van der Waals surface area contributed by atoms with E-state index in [0.29, 0.717) is 5.56 Å². The number of nitrogens with one attached hydrogen (secondary N) is 1. The monoisotopic (exact) mass is 197 g/mol. The van der Waals surface area contributed by atoms with Gasteiger partial charge in [-0.25, -0.2) is 4.79 Å². The summed E-state index contributed by atoms with van der Waals surface area (Å²) >= 11 is 0. The predicted octanol–water partition coefficient (Wildman–Crippen LogP) is 0.954. The summed E-state index contributed by atoms with van der Waals surface area (Å²) in [7, 11) is 1.27. The van der Waals surface area contributed by atoms with Crippen molar-refractivity contribution in [1.82, 2.24) is 5.32 Å². The maximum absolute atomic E-state index is 10.7. The molecule has 1 aromatic carbocycles. The van der Waals surface area contributed by atoms with Gasteiger partial charge in [0.1, 0.15) is 0 Å². The highest BCUT2D eigenvalue weighted by molar-refractivity contribution is 5.66. The largest absolute Gasteiger partial charge is 0.504 e. The molecule has 0 bridgehead atoms. The van der Waals surface area contributed by atoms with Gasteiger partial charge in [0.2, 0.25) is 0 Å². The highest BCUT2D eigenvalue weighted by Crippen LogP contribution is 2.24. The molecule has 0 aromatic heterocycles. The third-order valence-corrected chi connectivity index (χ3v) is 1.66. The van der Waals surface area contributed by atoms with E-state index in [1.165, 1.54) is 19.2 Å². The summed E-state index contributed by atoms with van der Waals surface area (Å²) in [5.74, 6) is -0.402. The van der Waals surface area contributed by atoms with Crippen LogP contribution in [-0.4, -0.2) is 23.4 Å². The Morgan fingerprint density at radius 2 is 2.14 bits per heavy atom. The molecule has 0 fully saturated rings. The lowest BCUT2D eigenvalue weighted by molar-refractivity contribution is 0.170. The molecule has 0 aliphatic rings. The van der Waals surface area contributed by atoms with Crippen LogP contribution in [0.4, 0.5) is 4.79 Å². The number of ether oxygens (including phenoxy) is 1. The highest BCUT2D eigenvalue weighted by Gasteiger charge is 2.02. The number of rotatable bonds is 2. The van der Waals surface area contributed by atoms with Crippen LogP contribution < -0.4 is 5.32 Å². The Bertz CT molecular complexity index is 338. The van der Waals surface area contributed by atoms with E-state index >= 15 is 0 Å². The zero-order valence-corrected chi connectivity index (χ0v) is 7.65. The smallest absolute Gasteiger partial charge is 0.407 e. The average molecular weight is 197 g/mol. The van der Waals surface area contributed by atoms with Gasteiger partial charge in [-0.2, -0.15) is 0 Å². The molecular weight excluding hydrogens is 186 g/mol. The Kier molecular flexibility index (Phi) is 3.17. The number of alkyl carbamates (subject to hydrolysis) is 1. The van der Waals surface area contributed by atoms with E-state index in [4.69, 9.17) is 10.2 Å². The fourth-order valence-corrected chi connectivity index (χ4v) is 0.925. The molecule has 0 heterocycles. The quantitative estimate of drug-likeness (QED) is 0.617. The molecule has 0 aliphatic heterocycles. The predicted molar refractivity (Wildman–Crippen MR) is 49.0 cm³/mol. The molecular formula is C9H11NO4. The number of aromatic hydroxyl groups is 2. The SMILES string of the molecule is COC(=O)NCc1ccc(O)c(O)c1. The number of hydrogen-bond donors (Lipinski definition) is 3. The summed E-state index contributed by atoms with van der Waals surface area (Å²) in [6.45, 7) is 0.237. The van der Waals surface area contributed by atoms with Crippen LogP contribution >= 0.6 is 0 Å². The Hall–Kier alpha value is -1.91. The summed E-state index contributed by atoms with van der Waals surface area (Å²) in [5.41, 5.74) is 0.672.